The molecule has 2 aromatic rings. The monoisotopic (exact) mass is 305 g/mol. The minimum Gasteiger partial charge on any atom is -0.481 e. The summed E-state index contributed by atoms with van der Waals surface area (Å²) in [6.07, 6.45) is -4.70. The minimum absolute atomic E-state index is 0.0839. The summed E-state index contributed by atoms with van der Waals surface area (Å²) < 4.78 is 38.5. The molecule has 0 bridgehead atoms. The molecular weight excluding hydrogens is 295 g/mol. The van der Waals surface area contributed by atoms with Crippen molar-refractivity contribution in [3.63, 3.8) is 0 Å². The summed E-state index contributed by atoms with van der Waals surface area (Å²) in [5, 5.41) is 17.5. The molecule has 0 heterocycles. The van der Waals surface area contributed by atoms with Gasteiger partial charge in [-0.2, -0.15) is 18.4 Å². The fraction of sp³-hybridized carbons (Fsp3) is 0.125. The largest absolute Gasteiger partial charge is 0.481 e. The Labute approximate surface area is 124 Å². The lowest BCUT2D eigenvalue weighted by atomic mass is 9.98. The van der Waals surface area contributed by atoms with Crippen LogP contribution in [0.25, 0.3) is 11.1 Å². The molecule has 1 N–H and O–H groups in total. The summed E-state index contributed by atoms with van der Waals surface area (Å²) >= 11 is 0. The second-order valence-electron chi connectivity index (χ2n) is 4.68. The molecule has 0 radical (unpaired) electrons. The van der Waals surface area contributed by atoms with Gasteiger partial charge in [0.1, 0.15) is 0 Å². The third-order valence-corrected chi connectivity index (χ3v) is 3.03. The van der Waals surface area contributed by atoms with Crippen molar-refractivity contribution in [2.75, 3.05) is 0 Å². The first-order valence-electron chi connectivity index (χ1n) is 6.23. The molecule has 0 amide bonds. The van der Waals surface area contributed by atoms with E-state index in [0.717, 1.165) is 12.1 Å². The van der Waals surface area contributed by atoms with Crippen molar-refractivity contribution in [2.24, 2.45) is 0 Å². The molecule has 3 nitrogen and oxygen atoms in total. The molecule has 0 unspecified atom stereocenters. The standard InChI is InChI=1S/C16H10F3NO2/c17-16(18,19)14-6-11(9-20)5-13(8-14)12-3-1-10(2-4-12)7-15(21)22/h1-6,8H,7H2,(H,21,22). The van der Waals surface area contributed by atoms with Gasteiger partial charge in [-0.15, -0.1) is 0 Å². The van der Waals surface area contributed by atoms with Gasteiger partial charge in [0.2, 0.25) is 0 Å². The van der Waals surface area contributed by atoms with Crippen LogP contribution in [0.1, 0.15) is 16.7 Å². The summed E-state index contributed by atoms with van der Waals surface area (Å²) in [6.45, 7) is 0. The number of carbonyl (C=O) groups is 1. The number of hydrogen-bond acceptors (Lipinski definition) is 2. The number of rotatable bonds is 3. The van der Waals surface area contributed by atoms with Crippen molar-refractivity contribution in [1.82, 2.24) is 0 Å². The topological polar surface area (TPSA) is 61.1 Å². The van der Waals surface area contributed by atoms with Crippen LogP contribution in [0.3, 0.4) is 0 Å². The zero-order chi connectivity index (χ0) is 16.3. The first kappa shape index (κ1) is 15.6. The summed E-state index contributed by atoms with van der Waals surface area (Å²) in [5.74, 6) is -0.987. The Kier molecular flexibility index (Phi) is 4.18. The summed E-state index contributed by atoms with van der Waals surface area (Å²) in [5.41, 5.74) is 0.310. The van der Waals surface area contributed by atoms with Crippen LogP contribution in [0.4, 0.5) is 13.2 Å². The zero-order valence-corrected chi connectivity index (χ0v) is 11.2. The van der Waals surface area contributed by atoms with Gasteiger partial charge in [-0.25, -0.2) is 0 Å². The van der Waals surface area contributed by atoms with E-state index in [2.05, 4.69) is 0 Å². The molecule has 0 spiro atoms. The molecule has 22 heavy (non-hydrogen) atoms. The van der Waals surface area contributed by atoms with Crippen molar-refractivity contribution >= 4 is 5.97 Å². The van der Waals surface area contributed by atoms with E-state index in [0.29, 0.717) is 11.1 Å². The Morgan fingerprint density at radius 3 is 2.23 bits per heavy atom. The van der Waals surface area contributed by atoms with Crippen molar-refractivity contribution in [2.45, 2.75) is 12.6 Å². The summed E-state index contributed by atoms with van der Waals surface area (Å²) in [6, 6.07) is 11.0. The molecule has 0 aromatic heterocycles. The van der Waals surface area contributed by atoms with Crippen LogP contribution >= 0.6 is 0 Å². The molecule has 0 aliphatic carbocycles. The Balaban J connectivity index is 2.44. The SMILES string of the molecule is N#Cc1cc(-c2ccc(CC(=O)O)cc2)cc(C(F)(F)F)c1. The summed E-state index contributed by atoms with van der Waals surface area (Å²) in [7, 11) is 0. The molecule has 6 heteroatoms. The third-order valence-electron chi connectivity index (χ3n) is 3.03. The first-order chi connectivity index (χ1) is 10.3. The lowest BCUT2D eigenvalue weighted by molar-refractivity contribution is -0.138. The van der Waals surface area contributed by atoms with Crippen molar-refractivity contribution in [3.05, 3.63) is 59.2 Å². The van der Waals surface area contributed by atoms with E-state index < -0.39 is 17.7 Å². The number of hydrogen-bond donors (Lipinski definition) is 1. The number of carboxylic acids is 1. The van der Waals surface area contributed by atoms with Crippen molar-refractivity contribution < 1.29 is 23.1 Å². The number of nitriles is 1. The van der Waals surface area contributed by atoms with Gasteiger partial charge in [0.15, 0.2) is 0 Å². The lowest BCUT2D eigenvalue weighted by Gasteiger charge is -2.10. The van der Waals surface area contributed by atoms with Crippen LogP contribution in [-0.2, 0) is 17.4 Å². The van der Waals surface area contributed by atoms with Crippen LogP contribution in [0.5, 0.6) is 0 Å². The van der Waals surface area contributed by atoms with Crippen molar-refractivity contribution in [3.8, 4) is 17.2 Å². The average Bonchev–Trinajstić information content (AvgIpc) is 2.46. The van der Waals surface area contributed by atoms with E-state index in [9.17, 15) is 18.0 Å². The zero-order valence-electron chi connectivity index (χ0n) is 11.2. The van der Waals surface area contributed by atoms with Gasteiger partial charge in [0.25, 0.3) is 0 Å². The van der Waals surface area contributed by atoms with Gasteiger partial charge < -0.3 is 5.11 Å². The number of alkyl halides is 3. The van der Waals surface area contributed by atoms with Crippen LogP contribution in [0, 0.1) is 11.3 Å². The number of nitrogens with zero attached hydrogens (tertiary/aromatic N) is 1. The van der Waals surface area contributed by atoms with Crippen LogP contribution in [-0.4, -0.2) is 11.1 Å². The molecule has 0 aliphatic rings. The highest BCUT2D eigenvalue weighted by Gasteiger charge is 2.31. The Morgan fingerprint density at radius 1 is 1.09 bits per heavy atom. The molecule has 0 aliphatic heterocycles. The van der Waals surface area contributed by atoms with Crippen LogP contribution < -0.4 is 0 Å². The molecule has 0 saturated heterocycles. The fourth-order valence-corrected chi connectivity index (χ4v) is 2.01. The number of benzene rings is 2. The molecule has 0 fully saturated rings. The molecule has 2 aromatic carbocycles. The quantitative estimate of drug-likeness (QED) is 0.936. The van der Waals surface area contributed by atoms with E-state index in [1.807, 2.05) is 0 Å². The normalized spacial score (nSPS) is 11.0. The van der Waals surface area contributed by atoms with Crippen molar-refractivity contribution in [1.29, 1.82) is 5.26 Å². The number of aliphatic carboxylic acids is 1. The average molecular weight is 305 g/mol. The Bertz CT molecular complexity index is 743. The molecular formula is C16H10F3NO2. The predicted octanol–water partition coefficient (Wildman–Crippen LogP) is 3.87. The van der Waals surface area contributed by atoms with Gasteiger partial charge in [-0.3, -0.25) is 4.79 Å². The molecule has 2 rings (SSSR count). The predicted molar refractivity (Wildman–Crippen MR) is 72.9 cm³/mol. The van der Waals surface area contributed by atoms with E-state index in [-0.39, 0.29) is 17.5 Å². The van der Waals surface area contributed by atoms with Gasteiger partial charge in [0.05, 0.1) is 23.6 Å². The van der Waals surface area contributed by atoms with Gasteiger partial charge >= 0.3 is 12.1 Å². The van der Waals surface area contributed by atoms with Crippen LogP contribution in [0.2, 0.25) is 0 Å². The maximum atomic E-state index is 12.8. The van der Waals surface area contributed by atoms with Crippen LogP contribution in [0.15, 0.2) is 42.5 Å². The van der Waals surface area contributed by atoms with E-state index in [1.165, 1.54) is 30.3 Å². The maximum absolute atomic E-state index is 12.8. The summed E-state index contributed by atoms with van der Waals surface area (Å²) in [4.78, 5) is 10.6. The second kappa shape index (κ2) is 5.90. The van der Waals surface area contributed by atoms with E-state index >= 15 is 0 Å². The molecule has 112 valence electrons. The number of carboxylic acid groups (broad SMARTS) is 1. The first-order valence-corrected chi connectivity index (χ1v) is 6.23. The second-order valence-corrected chi connectivity index (χ2v) is 4.68. The molecule has 0 atom stereocenters. The highest BCUT2D eigenvalue weighted by atomic mass is 19.4. The number of halogens is 3. The Hall–Kier alpha value is -2.81. The fourth-order valence-electron chi connectivity index (χ4n) is 2.01. The Morgan fingerprint density at radius 2 is 1.73 bits per heavy atom. The van der Waals surface area contributed by atoms with Gasteiger partial charge in [-0.1, -0.05) is 24.3 Å². The van der Waals surface area contributed by atoms with Gasteiger partial charge in [-0.05, 0) is 34.9 Å². The van der Waals surface area contributed by atoms with E-state index in [1.54, 1.807) is 6.07 Å². The minimum atomic E-state index is -4.54. The smallest absolute Gasteiger partial charge is 0.416 e. The highest BCUT2D eigenvalue weighted by molar-refractivity contribution is 5.71. The van der Waals surface area contributed by atoms with Gasteiger partial charge in [0, 0.05) is 0 Å². The molecule has 0 saturated carbocycles. The lowest BCUT2D eigenvalue weighted by Crippen LogP contribution is -2.05. The third kappa shape index (κ3) is 3.64. The van der Waals surface area contributed by atoms with E-state index in [4.69, 9.17) is 10.4 Å². The maximum Gasteiger partial charge on any atom is 0.416 e. The highest BCUT2D eigenvalue weighted by Crippen LogP contribution is 2.33.